The normalized spacial score (nSPS) is 16.3. The maximum absolute atomic E-state index is 12.2. The molecule has 3 rings (SSSR count). The summed E-state index contributed by atoms with van der Waals surface area (Å²) in [5.41, 5.74) is 9.97. The minimum Gasteiger partial charge on any atom is -0.367 e. The van der Waals surface area contributed by atoms with Gasteiger partial charge >= 0.3 is 0 Å². The number of anilines is 1. The fourth-order valence-electron chi connectivity index (χ4n) is 3.15. The van der Waals surface area contributed by atoms with E-state index in [2.05, 4.69) is 41.4 Å². The van der Waals surface area contributed by atoms with Crippen LogP contribution in [0.1, 0.15) is 28.4 Å². The van der Waals surface area contributed by atoms with Crippen LogP contribution in [0.25, 0.3) is 0 Å². The van der Waals surface area contributed by atoms with Crippen molar-refractivity contribution in [1.82, 2.24) is 5.32 Å². The van der Waals surface area contributed by atoms with E-state index >= 15 is 0 Å². The van der Waals surface area contributed by atoms with Crippen molar-refractivity contribution in [1.29, 1.82) is 0 Å². The summed E-state index contributed by atoms with van der Waals surface area (Å²) in [4.78, 5) is 14.6. The Morgan fingerprint density at radius 2 is 1.96 bits per heavy atom. The fourth-order valence-corrected chi connectivity index (χ4v) is 3.15. The zero-order valence-electron chi connectivity index (χ0n) is 13.5. The average molecular weight is 309 g/mol. The molecule has 2 aromatic carbocycles. The van der Waals surface area contributed by atoms with Crippen LogP contribution in [0.2, 0.25) is 0 Å². The number of carbonyl (C=O) groups is 1. The second-order valence-electron chi connectivity index (χ2n) is 6.03. The summed E-state index contributed by atoms with van der Waals surface area (Å²) in [6, 6.07) is 16.4. The number of amides is 1. The molecule has 4 heteroatoms. The zero-order valence-corrected chi connectivity index (χ0v) is 13.5. The van der Waals surface area contributed by atoms with Crippen LogP contribution < -0.4 is 16.0 Å². The molecular formula is C19H23N3O. The molecule has 0 bridgehead atoms. The van der Waals surface area contributed by atoms with E-state index in [9.17, 15) is 4.79 Å². The largest absolute Gasteiger partial charge is 0.367 e. The van der Waals surface area contributed by atoms with Gasteiger partial charge in [-0.05, 0) is 42.7 Å². The highest BCUT2D eigenvalue weighted by Gasteiger charge is 2.24. The lowest BCUT2D eigenvalue weighted by Crippen LogP contribution is -2.37. The number of rotatable bonds is 5. The highest BCUT2D eigenvalue weighted by molar-refractivity contribution is 5.94. The lowest BCUT2D eigenvalue weighted by atomic mass is 10.1. The molecule has 0 fully saturated rings. The lowest BCUT2D eigenvalue weighted by Gasteiger charge is -2.25. The average Bonchev–Trinajstić information content (AvgIpc) is 2.90. The number of hydrogen-bond acceptors (Lipinski definition) is 3. The molecule has 1 aliphatic rings. The summed E-state index contributed by atoms with van der Waals surface area (Å²) in [5, 5.41) is 3.00. The SMILES string of the molecule is CC1Cc2ccccc2N1CCNC(=O)c1ccc(CN)cc1. The van der Waals surface area contributed by atoms with Gasteiger partial charge in [0.1, 0.15) is 0 Å². The molecule has 0 aromatic heterocycles. The van der Waals surface area contributed by atoms with Crippen LogP contribution in [-0.4, -0.2) is 25.0 Å². The Morgan fingerprint density at radius 1 is 1.22 bits per heavy atom. The Balaban J connectivity index is 1.56. The van der Waals surface area contributed by atoms with Gasteiger partial charge in [-0.25, -0.2) is 0 Å². The molecule has 120 valence electrons. The first-order valence-corrected chi connectivity index (χ1v) is 8.11. The third kappa shape index (κ3) is 3.37. The first kappa shape index (κ1) is 15.6. The van der Waals surface area contributed by atoms with Gasteiger partial charge in [-0.1, -0.05) is 30.3 Å². The highest BCUT2D eigenvalue weighted by atomic mass is 16.1. The summed E-state index contributed by atoms with van der Waals surface area (Å²) in [7, 11) is 0. The monoisotopic (exact) mass is 309 g/mol. The van der Waals surface area contributed by atoms with Gasteiger partial charge in [0.2, 0.25) is 0 Å². The van der Waals surface area contributed by atoms with Gasteiger partial charge in [-0.3, -0.25) is 4.79 Å². The molecule has 23 heavy (non-hydrogen) atoms. The number of carbonyl (C=O) groups excluding carboxylic acids is 1. The van der Waals surface area contributed by atoms with Crippen LogP contribution in [0.15, 0.2) is 48.5 Å². The Bertz CT molecular complexity index is 681. The van der Waals surface area contributed by atoms with Crippen molar-refractivity contribution in [3.63, 3.8) is 0 Å². The van der Waals surface area contributed by atoms with Gasteiger partial charge < -0.3 is 16.0 Å². The van der Waals surface area contributed by atoms with Crippen molar-refractivity contribution in [2.45, 2.75) is 25.9 Å². The number of hydrogen-bond donors (Lipinski definition) is 2. The van der Waals surface area contributed by atoms with E-state index in [1.807, 2.05) is 24.3 Å². The number of fused-ring (bicyclic) bond motifs is 1. The van der Waals surface area contributed by atoms with Gasteiger partial charge in [0.05, 0.1) is 0 Å². The van der Waals surface area contributed by atoms with Gasteiger partial charge in [0, 0.05) is 36.9 Å². The van der Waals surface area contributed by atoms with E-state index < -0.39 is 0 Å². The van der Waals surface area contributed by atoms with Gasteiger partial charge in [-0.2, -0.15) is 0 Å². The number of nitrogens with one attached hydrogen (secondary N) is 1. The van der Waals surface area contributed by atoms with Crippen molar-refractivity contribution < 1.29 is 4.79 Å². The molecule has 1 aliphatic heterocycles. The molecule has 1 atom stereocenters. The maximum Gasteiger partial charge on any atom is 0.251 e. The molecule has 3 N–H and O–H groups in total. The summed E-state index contributed by atoms with van der Waals surface area (Å²) < 4.78 is 0. The summed E-state index contributed by atoms with van der Waals surface area (Å²) in [6.07, 6.45) is 1.07. The van der Waals surface area contributed by atoms with Gasteiger partial charge in [-0.15, -0.1) is 0 Å². The Labute approximate surface area is 137 Å². The molecule has 1 unspecified atom stereocenters. The van der Waals surface area contributed by atoms with E-state index in [1.165, 1.54) is 11.3 Å². The van der Waals surface area contributed by atoms with E-state index in [0.29, 0.717) is 24.7 Å². The first-order chi connectivity index (χ1) is 11.2. The number of nitrogens with zero attached hydrogens (tertiary/aromatic N) is 1. The topological polar surface area (TPSA) is 58.4 Å². The predicted molar refractivity (Wildman–Crippen MR) is 93.6 cm³/mol. The molecule has 0 radical (unpaired) electrons. The van der Waals surface area contributed by atoms with E-state index in [0.717, 1.165) is 18.5 Å². The van der Waals surface area contributed by atoms with Crippen LogP contribution in [0, 0.1) is 0 Å². The summed E-state index contributed by atoms with van der Waals surface area (Å²) >= 11 is 0. The van der Waals surface area contributed by atoms with Crippen molar-refractivity contribution >= 4 is 11.6 Å². The smallest absolute Gasteiger partial charge is 0.251 e. The third-order valence-corrected chi connectivity index (χ3v) is 4.44. The fraction of sp³-hybridized carbons (Fsp3) is 0.316. The predicted octanol–water partition coefficient (Wildman–Crippen LogP) is 2.33. The molecule has 0 saturated carbocycles. The lowest BCUT2D eigenvalue weighted by molar-refractivity contribution is 0.0954. The minimum atomic E-state index is -0.0336. The third-order valence-electron chi connectivity index (χ3n) is 4.44. The van der Waals surface area contributed by atoms with Gasteiger partial charge in [0.15, 0.2) is 0 Å². The Morgan fingerprint density at radius 3 is 2.70 bits per heavy atom. The second kappa shape index (κ2) is 6.84. The quantitative estimate of drug-likeness (QED) is 0.891. The molecule has 2 aromatic rings. The molecule has 0 aliphatic carbocycles. The van der Waals surface area contributed by atoms with E-state index in [-0.39, 0.29) is 5.91 Å². The second-order valence-corrected chi connectivity index (χ2v) is 6.03. The van der Waals surface area contributed by atoms with Crippen molar-refractivity contribution in [3.05, 3.63) is 65.2 Å². The van der Waals surface area contributed by atoms with Crippen LogP contribution >= 0.6 is 0 Å². The molecular weight excluding hydrogens is 286 g/mol. The number of benzene rings is 2. The zero-order chi connectivity index (χ0) is 16.2. The number of nitrogens with two attached hydrogens (primary N) is 1. The van der Waals surface area contributed by atoms with Crippen LogP contribution in [-0.2, 0) is 13.0 Å². The summed E-state index contributed by atoms with van der Waals surface area (Å²) in [5.74, 6) is -0.0336. The van der Waals surface area contributed by atoms with Crippen molar-refractivity contribution in [3.8, 4) is 0 Å². The van der Waals surface area contributed by atoms with Crippen LogP contribution in [0.3, 0.4) is 0 Å². The van der Waals surface area contributed by atoms with Gasteiger partial charge in [0.25, 0.3) is 5.91 Å². The molecule has 4 nitrogen and oxygen atoms in total. The van der Waals surface area contributed by atoms with Crippen molar-refractivity contribution in [2.24, 2.45) is 5.73 Å². The highest BCUT2D eigenvalue weighted by Crippen LogP contribution is 2.31. The maximum atomic E-state index is 12.2. The number of para-hydroxylation sites is 1. The summed E-state index contributed by atoms with van der Waals surface area (Å²) in [6.45, 7) is 4.18. The van der Waals surface area contributed by atoms with E-state index in [4.69, 9.17) is 5.73 Å². The van der Waals surface area contributed by atoms with E-state index in [1.54, 1.807) is 0 Å². The standard InChI is InChI=1S/C19H23N3O/c1-14-12-17-4-2-3-5-18(17)22(14)11-10-21-19(23)16-8-6-15(13-20)7-9-16/h2-9,14H,10-13,20H2,1H3,(H,21,23). The first-order valence-electron chi connectivity index (χ1n) is 8.11. The van der Waals surface area contributed by atoms with Crippen LogP contribution in [0.4, 0.5) is 5.69 Å². The molecule has 0 spiro atoms. The molecule has 1 heterocycles. The Hall–Kier alpha value is -2.33. The van der Waals surface area contributed by atoms with Crippen LogP contribution in [0.5, 0.6) is 0 Å². The molecule has 1 amide bonds. The Kier molecular flexibility index (Phi) is 4.63. The molecule has 0 saturated heterocycles. The minimum absolute atomic E-state index is 0.0336. The van der Waals surface area contributed by atoms with Crippen molar-refractivity contribution in [2.75, 3.05) is 18.0 Å².